The van der Waals surface area contributed by atoms with Crippen molar-refractivity contribution in [3.8, 4) is 11.4 Å². The molecule has 0 aliphatic carbocycles. The van der Waals surface area contributed by atoms with Crippen LogP contribution in [0.4, 0.5) is 0 Å². The van der Waals surface area contributed by atoms with Crippen LogP contribution < -0.4 is 0 Å². The van der Waals surface area contributed by atoms with Gasteiger partial charge in [0, 0.05) is 25.2 Å². The van der Waals surface area contributed by atoms with E-state index in [2.05, 4.69) is 53.7 Å². The van der Waals surface area contributed by atoms with Crippen LogP contribution >= 0.6 is 11.8 Å². The van der Waals surface area contributed by atoms with Crippen LogP contribution in [0.25, 0.3) is 11.4 Å². The van der Waals surface area contributed by atoms with Gasteiger partial charge in [-0.25, -0.2) is 0 Å². The maximum Gasteiger partial charge on any atom is 0.235 e. The topological polar surface area (TPSA) is 51.0 Å². The highest BCUT2D eigenvalue weighted by Crippen LogP contribution is 2.28. The summed E-state index contributed by atoms with van der Waals surface area (Å²) in [6, 6.07) is 8.29. The molecule has 1 aliphatic heterocycles. The minimum Gasteiger partial charge on any atom is -0.342 e. The van der Waals surface area contributed by atoms with E-state index < -0.39 is 0 Å². The zero-order chi connectivity index (χ0) is 18.7. The average molecular weight is 373 g/mol. The molecule has 1 aromatic carbocycles. The maximum absolute atomic E-state index is 12.8. The number of piperidine rings is 1. The number of amides is 1. The molecule has 0 radical (unpaired) electrons. The van der Waals surface area contributed by atoms with E-state index in [-0.39, 0.29) is 11.2 Å². The fourth-order valence-electron chi connectivity index (χ4n) is 3.35. The molecule has 6 heteroatoms. The zero-order valence-electron chi connectivity index (χ0n) is 16.1. The van der Waals surface area contributed by atoms with Crippen LogP contribution in [0, 0.1) is 12.8 Å². The number of hydrogen-bond acceptors (Lipinski definition) is 4. The van der Waals surface area contributed by atoms with Gasteiger partial charge in [-0.2, -0.15) is 0 Å². The van der Waals surface area contributed by atoms with Crippen LogP contribution in [0.5, 0.6) is 0 Å². The number of hydrogen-bond donors (Lipinski definition) is 0. The van der Waals surface area contributed by atoms with E-state index in [0.29, 0.717) is 0 Å². The first-order chi connectivity index (χ1) is 12.5. The third-order valence-electron chi connectivity index (χ3n) is 5.03. The van der Waals surface area contributed by atoms with Crippen LogP contribution in [0.15, 0.2) is 29.4 Å². The molecule has 1 aliphatic rings. The van der Waals surface area contributed by atoms with Gasteiger partial charge in [-0.05, 0) is 45.6 Å². The summed E-state index contributed by atoms with van der Waals surface area (Å²) in [5.74, 6) is 1.80. The summed E-state index contributed by atoms with van der Waals surface area (Å²) in [6.07, 6.45) is 2.21. The monoisotopic (exact) mass is 372 g/mol. The Labute approximate surface area is 160 Å². The molecule has 0 bridgehead atoms. The van der Waals surface area contributed by atoms with Crippen molar-refractivity contribution in [2.75, 3.05) is 13.1 Å². The van der Waals surface area contributed by atoms with E-state index in [9.17, 15) is 4.79 Å². The van der Waals surface area contributed by atoms with Crippen LogP contribution in [-0.4, -0.2) is 43.9 Å². The Morgan fingerprint density at radius 3 is 2.69 bits per heavy atom. The molecule has 1 amide bonds. The molecule has 1 saturated heterocycles. The number of benzene rings is 1. The number of aromatic nitrogens is 3. The number of carbonyl (C=O) groups is 1. The second-order valence-corrected chi connectivity index (χ2v) is 8.50. The van der Waals surface area contributed by atoms with Crippen molar-refractivity contribution in [3.05, 3.63) is 29.8 Å². The predicted octanol–water partition coefficient (Wildman–Crippen LogP) is 4.01. The summed E-state index contributed by atoms with van der Waals surface area (Å²) in [7, 11) is 0. The number of carbonyl (C=O) groups excluding carboxylic acids is 1. The molecule has 0 spiro atoms. The molecule has 1 aromatic heterocycles. The van der Waals surface area contributed by atoms with Crippen LogP contribution in [-0.2, 0) is 11.3 Å². The molecule has 0 saturated carbocycles. The van der Waals surface area contributed by atoms with Gasteiger partial charge in [0.15, 0.2) is 11.0 Å². The minimum absolute atomic E-state index is 0.150. The third kappa shape index (κ3) is 4.11. The molecule has 1 unspecified atom stereocenters. The number of likely N-dealkylation sites (tertiary alicyclic amines) is 1. The Hall–Kier alpha value is -1.82. The normalized spacial score (nSPS) is 16.7. The van der Waals surface area contributed by atoms with Crippen LogP contribution in [0.3, 0.4) is 0 Å². The van der Waals surface area contributed by atoms with Crippen LogP contribution in [0.2, 0.25) is 0 Å². The van der Waals surface area contributed by atoms with E-state index in [1.165, 1.54) is 17.3 Å². The summed E-state index contributed by atoms with van der Waals surface area (Å²) < 4.78 is 2.10. The van der Waals surface area contributed by atoms with E-state index >= 15 is 0 Å². The van der Waals surface area contributed by atoms with Crippen molar-refractivity contribution in [2.45, 2.75) is 57.5 Å². The smallest absolute Gasteiger partial charge is 0.235 e. The first-order valence-corrected chi connectivity index (χ1v) is 10.3. The average Bonchev–Trinajstić information content (AvgIpc) is 3.04. The molecule has 26 heavy (non-hydrogen) atoms. The summed E-state index contributed by atoms with van der Waals surface area (Å²) in [4.78, 5) is 14.8. The molecule has 2 aromatic rings. The molecule has 3 rings (SSSR count). The lowest BCUT2D eigenvalue weighted by Gasteiger charge is -2.31. The minimum atomic E-state index is -0.150. The summed E-state index contributed by atoms with van der Waals surface area (Å²) in [5.41, 5.74) is 2.26. The first-order valence-electron chi connectivity index (χ1n) is 9.45. The number of nitrogens with zero attached hydrogens (tertiary/aromatic N) is 4. The van der Waals surface area contributed by atoms with Crippen molar-refractivity contribution in [1.82, 2.24) is 19.7 Å². The fourth-order valence-corrected chi connectivity index (χ4v) is 4.35. The Bertz CT molecular complexity index is 765. The van der Waals surface area contributed by atoms with Gasteiger partial charge in [0.1, 0.15) is 0 Å². The van der Waals surface area contributed by atoms with Gasteiger partial charge in [0.05, 0.1) is 5.25 Å². The molecule has 1 atom stereocenters. The van der Waals surface area contributed by atoms with Gasteiger partial charge in [-0.15, -0.1) is 10.2 Å². The summed E-state index contributed by atoms with van der Waals surface area (Å²) >= 11 is 1.52. The summed E-state index contributed by atoms with van der Waals surface area (Å²) in [6.45, 7) is 10.9. The third-order valence-corrected chi connectivity index (χ3v) is 6.10. The predicted molar refractivity (Wildman–Crippen MR) is 106 cm³/mol. The molecule has 1 fully saturated rings. The zero-order valence-corrected chi connectivity index (χ0v) is 16.9. The van der Waals surface area contributed by atoms with Crippen LogP contribution in [0.1, 0.15) is 39.2 Å². The van der Waals surface area contributed by atoms with E-state index in [0.717, 1.165) is 54.9 Å². The van der Waals surface area contributed by atoms with Gasteiger partial charge in [0.25, 0.3) is 0 Å². The van der Waals surface area contributed by atoms with Gasteiger partial charge in [-0.3, -0.25) is 4.79 Å². The Balaban J connectivity index is 1.74. The Morgan fingerprint density at radius 2 is 2.04 bits per heavy atom. The fraction of sp³-hybridized carbons (Fsp3) is 0.550. The molecule has 140 valence electrons. The molecule has 5 nitrogen and oxygen atoms in total. The first kappa shape index (κ1) is 19.0. The number of thioether (sulfide) groups is 1. The van der Waals surface area contributed by atoms with Gasteiger partial charge in [0.2, 0.25) is 5.91 Å². The van der Waals surface area contributed by atoms with Crippen molar-refractivity contribution in [1.29, 1.82) is 0 Å². The molecule has 0 N–H and O–H groups in total. The highest BCUT2D eigenvalue weighted by Gasteiger charge is 2.26. The highest BCUT2D eigenvalue weighted by molar-refractivity contribution is 8.00. The molecular formula is C20H28N4OS. The standard InChI is InChI=1S/C20H28N4OS/c1-5-24-18(17-8-6-7-15(3)13-17)21-22-20(24)26-16(4)19(25)23-11-9-14(2)10-12-23/h6-8,13-14,16H,5,9-12H2,1-4H3. The highest BCUT2D eigenvalue weighted by atomic mass is 32.2. The number of aryl methyl sites for hydroxylation is 1. The SMILES string of the molecule is CCn1c(SC(C)C(=O)N2CCC(C)CC2)nnc1-c1cccc(C)c1. The summed E-state index contributed by atoms with van der Waals surface area (Å²) in [5, 5.41) is 9.44. The lowest BCUT2D eigenvalue weighted by Crippen LogP contribution is -2.41. The quantitative estimate of drug-likeness (QED) is 0.744. The van der Waals surface area contributed by atoms with E-state index in [1.807, 2.05) is 17.9 Å². The number of rotatable bonds is 5. The van der Waals surface area contributed by atoms with Gasteiger partial charge >= 0.3 is 0 Å². The van der Waals surface area contributed by atoms with Crippen molar-refractivity contribution >= 4 is 17.7 Å². The second-order valence-electron chi connectivity index (χ2n) is 7.19. The maximum atomic E-state index is 12.8. The van der Waals surface area contributed by atoms with Gasteiger partial charge < -0.3 is 9.47 Å². The van der Waals surface area contributed by atoms with E-state index in [1.54, 1.807) is 0 Å². The lowest BCUT2D eigenvalue weighted by atomic mass is 9.99. The Kier molecular flexibility index (Phi) is 6.01. The van der Waals surface area contributed by atoms with Crippen molar-refractivity contribution in [3.63, 3.8) is 0 Å². The van der Waals surface area contributed by atoms with Gasteiger partial charge in [-0.1, -0.05) is 42.4 Å². The Morgan fingerprint density at radius 1 is 1.31 bits per heavy atom. The lowest BCUT2D eigenvalue weighted by molar-refractivity contribution is -0.131. The largest absolute Gasteiger partial charge is 0.342 e. The second kappa shape index (κ2) is 8.25. The van der Waals surface area contributed by atoms with Crippen molar-refractivity contribution < 1.29 is 4.79 Å². The molecular weight excluding hydrogens is 344 g/mol. The van der Waals surface area contributed by atoms with E-state index in [4.69, 9.17) is 0 Å². The van der Waals surface area contributed by atoms with Crippen molar-refractivity contribution in [2.24, 2.45) is 5.92 Å². The molecule has 2 heterocycles.